The maximum Gasteiger partial charge on any atom is 0.353 e. The molecule has 0 unspecified atom stereocenters. The average Bonchev–Trinajstić information content (AvgIpc) is 3.34. The molecule has 2 fully saturated rings. The van der Waals surface area contributed by atoms with Gasteiger partial charge in [-0.1, -0.05) is 24.2 Å². The zero-order valence-corrected chi connectivity index (χ0v) is 16.4. The molecule has 0 spiro atoms. The predicted octanol–water partition coefficient (Wildman–Crippen LogP) is 1.31. The van der Waals surface area contributed by atoms with Gasteiger partial charge in [0.05, 0.1) is 24.3 Å². The number of aliphatic hydroxyl groups excluding tert-OH is 1. The van der Waals surface area contributed by atoms with Crippen LogP contribution in [0, 0.1) is 11.8 Å². The number of carboxylic acids is 1. The molecular formula is C19H23N3O5S. The Morgan fingerprint density at radius 2 is 2.32 bits per heavy atom. The lowest BCUT2D eigenvalue weighted by atomic mass is 9.79. The van der Waals surface area contributed by atoms with Gasteiger partial charge in [0.25, 0.3) is 0 Å². The van der Waals surface area contributed by atoms with E-state index in [1.165, 1.54) is 4.90 Å². The van der Waals surface area contributed by atoms with Gasteiger partial charge in [-0.15, -0.1) is 11.8 Å². The van der Waals surface area contributed by atoms with Crippen LogP contribution in [0.25, 0.3) is 6.08 Å². The van der Waals surface area contributed by atoms with E-state index < -0.39 is 18.0 Å². The molecule has 1 amide bonds. The van der Waals surface area contributed by atoms with Gasteiger partial charge >= 0.3 is 5.97 Å². The zero-order chi connectivity index (χ0) is 20.0. The molecule has 2 saturated heterocycles. The van der Waals surface area contributed by atoms with Crippen LogP contribution in [-0.2, 0) is 9.59 Å². The van der Waals surface area contributed by atoms with Crippen molar-refractivity contribution in [1.29, 1.82) is 0 Å². The Kier molecular flexibility index (Phi) is 5.07. The number of fused-ring (bicyclic) bond motifs is 1. The van der Waals surface area contributed by atoms with Crippen LogP contribution in [0.15, 0.2) is 33.7 Å². The molecule has 0 radical (unpaired) electrons. The standard InChI is InChI=1S/C19H23N3O5S/c1-9-15-14(10(2)23)18(24)22(15)16(19(25)26)17(9)28-13-5-12(20-7-13)4-3-11-6-21-27-8-11/h3-4,6,8-10,12-15,20,23H,5,7H2,1-2H3,(H,25,26)/b4-3-/t9-,10-,12-,13+,14-,15-/m1/s1. The van der Waals surface area contributed by atoms with Crippen molar-refractivity contribution in [3.8, 4) is 0 Å². The van der Waals surface area contributed by atoms with Crippen LogP contribution >= 0.6 is 11.8 Å². The first-order valence-electron chi connectivity index (χ1n) is 9.34. The van der Waals surface area contributed by atoms with Crippen LogP contribution in [0.5, 0.6) is 0 Å². The second-order valence-corrected chi connectivity index (χ2v) is 8.92. The van der Waals surface area contributed by atoms with Crippen molar-refractivity contribution in [3.63, 3.8) is 0 Å². The Morgan fingerprint density at radius 3 is 2.96 bits per heavy atom. The summed E-state index contributed by atoms with van der Waals surface area (Å²) >= 11 is 1.55. The number of carbonyl (C=O) groups is 2. The third-order valence-corrected chi connectivity index (χ3v) is 7.21. The highest BCUT2D eigenvalue weighted by Crippen LogP contribution is 2.51. The Hall–Kier alpha value is -2.10. The monoisotopic (exact) mass is 405 g/mol. The normalized spacial score (nSPS) is 33.5. The van der Waals surface area contributed by atoms with Crippen LogP contribution in [0.3, 0.4) is 0 Å². The highest BCUT2D eigenvalue weighted by molar-refractivity contribution is 8.03. The van der Waals surface area contributed by atoms with E-state index in [1.807, 2.05) is 13.0 Å². The fourth-order valence-electron chi connectivity index (χ4n) is 4.35. The molecule has 6 atom stereocenters. The van der Waals surface area contributed by atoms with Crippen molar-refractivity contribution >= 4 is 29.7 Å². The highest BCUT2D eigenvalue weighted by Gasteiger charge is 2.60. The molecule has 1 aromatic rings. The number of hydrogen-bond acceptors (Lipinski definition) is 7. The molecule has 28 heavy (non-hydrogen) atoms. The smallest absolute Gasteiger partial charge is 0.353 e. The average molecular weight is 405 g/mol. The number of aliphatic carboxylic acids is 1. The topological polar surface area (TPSA) is 116 Å². The summed E-state index contributed by atoms with van der Waals surface area (Å²) in [5.41, 5.74) is 0.984. The van der Waals surface area contributed by atoms with Crippen molar-refractivity contribution in [2.45, 2.75) is 43.7 Å². The number of nitrogens with zero attached hydrogens (tertiary/aromatic N) is 2. The predicted molar refractivity (Wildman–Crippen MR) is 103 cm³/mol. The van der Waals surface area contributed by atoms with Gasteiger partial charge in [-0.3, -0.25) is 4.79 Å². The van der Waals surface area contributed by atoms with Gasteiger partial charge in [0.1, 0.15) is 12.0 Å². The first-order chi connectivity index (χ1) is 13.4. The number of carbonyl (C=O) groups excluding carboxylic acids is 1. The lowest BCUT2D eigenvalue weighted by molar-refractivity contribution is -0.163. The van der Waals surface area contributed by atoms with E-state index in [0.717, 1.165) is 23.4 Å². The van der Waals surface area contributed by atoms with Crippen molar-refractivity contribution < 1.29 is 24.3 Å². The first kappa shape index (κ1) is 19.2. The largest absolute Gasteiger partial charge is 0.477 e. The number of thioether (sulfide) groups is 1. The van der Waals surface area contributed by atoms with Crippen LogP contribution in [-0.4, -0.2) is 62.1 Å². The van der Waals surface area contributed by atoms with Gasteiger partial charge in [-0.25, -0.2) is 4.79 Å². The Balaban J connectivity index is 1.47. The summed E-state index contributed by atoms with van der Waals surface area (Å²) in [7, 11) is 0. The summed E-state index contributed by atoms with van der Waals surface area (Å²) in [6.45, 7) is 4.29. The van der Waals surface area contributed by atoms with Crippen LogP contribution in [0.1, 0.15) is 25.8 Å². The first-order valence-corrected chi connectivity index (χ1v) is 10.2. The van der Waals surface area contributed by atoms with Crippen molar-refractivity contribution in [3.05, 3.63) is 34.7 Å². The van der Waals surface area contributed by atoms with Gasteiger partial charge in [0, 0.05) is 34.2 Å². The summed E-state index contributed by atoms with van der Waals surface area (Å²) in [4.78, 5) is 26.4. The molecule has 4 heterocycles. The number of rotatable bonds is 6. The molecule has 0 aliphatic carbocycles. The van der Waals surface area contributed by atoms with E-state index in [0.29, 0.717) is 0 Å². The summed E-state index contributed by atoms with van der Waals surface area (Å²) < 4.78 is 4.81. The number of β-lactam (4-membered cyclic amide) rings is 1. The van der Waals surface area contributed by atoms with Crippen molar-refractivity contribution in [2.75, 3.05) is 6.54 Å². The van der Waals surface area contributed by atoms with Crippen LogP contribution in [0.2, 0.25) is 0 Å². The SMILES string of the molecule is C[C@@H](O)[C@H]1C(=O)N2C(C(=O)O)=C(S[C@@H]3CN[C@H](/C=C\c4cnoc4)C3)[C@H](C)[C@H]12. The fourth-order valence-corrected chi connectivity index (χ4v) is 5.84. The van der Waals surface area contributed by atoms with Gasteiger partial charge in [-0.2, -0.15) is 0 Å². The Bertz CT molecular complexity index is 835. The van der Waals surface area contributed by atoms with Gasteiger partial charge in [0.15, 0.2) is 0 Å². The lowest BCUT2D eigenvalue weighted by Gasteiger charge is -2.46. The minimum absolute atomic E-state index is 0.0906. The van der Waals surface area contributed by atoms with E-state index in [2.05, 4.69) is 16.5 Å². The number of amides is 1. The number of carboxylic acid groups (broad SMARTS) is 1. The summed E-state index contributed by atoms with van der Waals surface area (Å²) in [6.07, 6.45) is 7.28. The molecule has 1 aromatic heterocycles. The van der Waals surface area contributed by atoms with Crippen LogP contribution < -0.4 is 5.32 Å². The summed E-state index contributed by atoms with van der Waals surface area (Å²) in [5.74, 6) is -1.99. The molecule has 4 rings (SSSR count). The molecule has 3 N–H and O–H groups in total. The number of aromatic nitrogens is 1. The van der Waals surface area contributed by atoms with E-state index >= 15 is 0 Å². The maximum atomic E-state index is 12.4. The van der Waals surface area contributed by atoms with Crippen LogP contribution in [0.4, 0.5) is 0 Å². The van der Waals surface area contributed by atoms with Gasteiger partial charge < -0.3 is 25.0 Å². The van der Waals surface area contributed by atoms with E-state index in [4.69, 9.17) is 4.52 Å². The molecule has 3 aliphatic rings. The molecule has 9 heteroatoms. The highest BCUT2D eigenvalue weighted by atomic mass is 32.2. The van der Waals surface area contributed by atoms with E-state index in [-0.39, 0.29) is 34.9 Å². The van der Waals surface area contributed by atoms with E-state index in [1.54, 1.807) is 31.1 Å². The number of hydrogen-bond donors (Lipinski definition) is 3. The number of aliphatic hydroxyl groups is 1. The molecule has 8 nitrogen and oxygen atoms in total. The minimum Gasteiger partial charge on any atom is -0.477 e. The molecule has 0 aromatic carbocycles. The third-order valence-electron chi connectivity index (χ3n) is 5.70. The Labute approximate surface area is 166 Å². The minimum atomic E-state index is -1.08. The van der Waals surface area contributed by atoms with Gasteiger partial charge in [0.2, 0.25) is 5.91 Å². The Morgan fingerprint density at radius 1 is 1.54 bits per heavy atom. The van der Waals surface area contributed by atoms with Crippen molar-refractivity contribution in [2.24, 2.45) is 11.8 Å². The second-order valence-electron chi connectivity index (χ2n) is 7.58. The van der Waals surface area contributed by atoms with Crippen molar-refractivity contribution in [1.82, 2.24) is 15.4 Å². The molecule has 0 saturated carbocycles. The number of nitrogens with one attached hydrogen (secondary N) is 1. The third kappa shape index (κ3) is 3.17. The lowest BCUT2D eigenvalue weighted by Crippen LogP contribution is -2.63. The quantitative estimate of drug-likeness (QED) is 0.607. The van der Waals surface area contributed by atoms with E-state index in [9.17, 15) is 19.8 Å². The molecule has 3 aliphatic heterocycles. The fraction of sp³-hybridized carbons (Fsp3) is 0.526. The molecule has 150 valence electrons. The summed E-state index contributed by atoms with van der Waals surface area (Å²) in [5, 5.41) is 26.9. The second kappa shape index (κ2) is 7.38. The zero-order valence-electron chi connectivity index (χ0n) is 15.6. The summed E-state index contributed by atoms with van der Waals surface area (Å²) in [6, 6.07) is -0.0818. The maximum absolute atomic E-state index is 12.4. The molecule has 0 bridgehead atoms. The molecular weight excluding hydrogens is 382 g/mol. The van der Waals surface area contributed by atoms with Gasteiger partial charge in [-0.05, 0) is 13.3 Å².